The molecule has 0 bridgehead atoms. The Morgan fingerprint density at radius 1 is 1.20 bits per heavy atom. The van der Waals surface area contributed by atoms with Gasteiger partial charge in [0.25, 0.3) is 5.91 Å². The highest BCUT2D eigenvalue weighted by Gasteiger charge is 2.35. The van der Waals surface area contributed by atoms with Crippen LogP contribution in [-0.4, -0.2) is 11.9 Å². The lowest BCUT2D eigenvalue weighted by Gasteiger charge is -2.11. The largest absolute Gasteiger partial charge is 0.465 e. The maximum Gasteiger partial charge on any atom is 0.333 e. The predicted octanol–water partition coefficient (Wildman–Crippen LogP) is 3.03. The SMILES string of the molecule is O=C1N/C(=C\c2ccco2)C(=O)N1c1cccc(Cl)c1. The molecule has 1 aliphatic heterocycles. The fourth-order valence-electron chi connectivity index (χ4n) is 1.90. The van der Waals surface area contributed by atoms with Crippen LogP contribution in [-0.2, 0) is 4.79 Å². The Labute approximate surface area is 119 Å². The Morgan fingerprint density at radius 3 is 2.75 bits per heavy atom. The second kappa shape index (κ2) is 4.86. The molecular weight excluding hydrogens is 280 g/mol. The lowest BCUT2D eigenvalue weighted by atomic mass is 10.3. The molecule has 2 aromatic rings. The van der Waals surface area contributed by atoms with Crippen LogP contribution in [0.5, 0.6) is 0 Å². The number of imide groups is 1. The minimum absolute atomic E-state index is 0.157. The zero-order valence-electron chi connectivity index (χ0n) is 10.2. The molecule has 1 aliphatic rings. The van der Waals surface area contributed by atoms with Crippen molar-refractivity contribution in [2.45, 2.75) is 0 Å². The summed E-state index contributed by atoms with van der Waals surface area (Å²) >= 11 is 5.87. The predicted molar refractivity (Wildman–Crippen MR) is 74.2 cm³/mol. The number of halogens is 1. The summed E-state index contributed by atoms with van der Waals surface area (Å²) in [5.74, 6) is 0.0373. The lowest BCUT2D eigenvalue weighted by molar-refractivity contribution is -0.113. The van der Waals surface area contributed by atoms with Crippen LogP contribution in [0.2, 0.25) is 5.02 Å². The zero-order valence-corrected chi connectivity index (χ0v) is 10.9. The first-order valence-corrected chi connectivity index (χ1v) is 6.19. The molecule has 0 unspecified atom stereocenters. The molecule has 1 saturated heterocycles. The summed E-state index contributed by atoms with van der Waals surface area (Å²) in [5.41, 5.74) is 0.577. The van der Waals surface area contributed by atoms with E-state index in [0.717, 1.165) is 4.90 Å². The molecule has 0 radical (unpaired) electrons. The van der Waals surface area contributed by atoms with E-state index in [1.807, 2.05) is 0 Å². The standard InChI is InChI=1S/C14H9ClN2O3/c15-9-3-1-4-10(7-9)17-13(18)12(16-14(17)19)8-11-5-2-6-20-11/h1-8H,(H,16,19)/b12-8-. The number of carbonyl (C=O) groups is 2. The smallest absolute Gasteiger partial charge is 0.333 e. The Hall–Kier alpha value is -2.53. The van der Waals surface area contributed by atoms with Crippen LogP contribution in [0.4, 0.5) is 10.5 Å². The van der Waals surface area contributed by atoms with Crippen LogP contribution in [0.3, 0.4) is 0 Å². The van der Waals surface area contributed by atoms with Crippen molar-refractivity contribution in [3.05, 3.63) is 59.1 Å². The zero-order chi connectivity index (χ0) is 14.1. The van der Waals surface area contributed by atoms with E-state index in [9.17, 15) is 9.59 Å². The third-order valence-corrected chi connectivity index (χ3v) is 3.01. The molecule has 6 heteroatoms. The van der Waals surface area contributed by atoms with Gasteiger partial charge in [-0.2, -0.15) is 0 Å². The van der Waals surface area contributed by atoms with Gasteiger partial charge in [0.05, 0.1) is 12.0 Å². The lowest BCUT2D eigenvalue weighted by Crippen LogP contribution is -2.30. The van der Waals surface area contributed by atoms with E-state index in [2.05, 4.69) is 5.32 Å². The van der Waals surface area contributed by atoms with E-state index in [-0.39, 0.29) is 5.70 Å². The molecule has 1 fully saturated rings. The molecule has 0 aliphatic carbocycles. The fourth-order valence-corrected chi connectivity index (χ4v) is 2.08. The summed E-state index contributed by atoms with van der Waals surface area (Å²) in [7, 11) is 0. The minimum Gasteiger partial charge on any atom is -0.465 e. The van der Waals surface area contributed by atoms with Crippen LogP contribution in [0.15, 0.2) is 52.8 Å². The monoisotopic (exact) mass is 288 g/mol. The number of nitrogens with one attached hydrogen (secondary N) is 1. The van der Waals surface area contributed by atoms with Crippen LogP contribution >= 0.6 is 11.6 Å². The van der Waals surface area contributed by atoms with Gasteiger partial charge in [0.1, 0.15) is 11.5 Å². The summed E-state index contributed by atoms with van der Waals surface area (Å²) in [6.07, 6.45) is 2.97. The topological polar surface area (TPSA) is 62.6 Å². The van der Waals surface area contributed by atoms with Gasteiger partial charge in [-0.3, -0.25) is 4.79 Å². The molecule has 20 heavy (non-hydrogen) atoms. The Balaban J connectivity index is 1.95. The Kier molecular flexibility index (Phi) is 3.04. The molecule has 0 spiro atoms. The molecule has 100 valence electrons. The normalized spacial score (nSPS) is 16.9. The van der Waals surface area contributed by atoms with E-state index >= 15 is 0 Å². The molecule has 0 atom stereocenters. The molecule has 1 N–H and O–H groups in total. The van der Waals surface area contributed by atoms with Crippen LogP contribution in [0.25, 0.3) is 6.08 Å². The Morgan fingerprint density at radius 2 is 2.05 bits per heavy atom. The van der Waals surface area contributed by atoms with Gasteiger partial charge in [-0.05, 0) is 30.3 Å². The quantitative estimate of drug-likeness (QED) is 0.682. The molecule has 2 heterocycles. The number of carbonyl (C=O) groups excluding carboxylic acids is 2. The highest BCUT2D eigenvalue weighted by atomic mass is 35.5. The van der Waals surface area contributed by atoms with Gasteiger partial charge >= 0.3 is 6.03 Å². The van der Waals surface area contributed by atoms with Crippen LogP contribution < -0.4 is 10.2 Å². The summed E-state index contributed by atoms with van der Waals surface area (Å²) in [6.45, 7) is 0. The number of hydrogen-bond donors (Lipinski definition) is 1. The summed E-state index contributed by atoms with van der Waals surface area (Å²) < 4.78 is 5.12. The van der Waals surface area contributed by atoms with Crippen molar-refractivity contribution in [1.29, 1.82) is 0 Å². The second-order valence-corrected chi connectivity index (χ2v) is 4.56. The summed E-state index contributed by atoms with van der Waals surface area (Å²) in [6, 6.07) is 9.40. The third kappa shape index (κ3) is 2.19. The molecular formula is C14H9ClN2O3. The van der Waals surface area contributed by atoms with Gasteiger partial charge in [0.15, 0.2) is 0 Å². The van der Waals surface area contributed by atoms with E-state index in [1.54, 1.807) is 36.4 Å². The van der Waals surface area contributed by atoms with Crippen molar-refractivity contribution in [2.75, 3.05) is 4.90 Å². The van der Waals surface area contributed by atoms with Crippen LogP contribution in [0.1, 0.15) is 5.76 Å². The number of benzene rings is 1. The van der Waals surface area contributed by atoms with Crippen molar-refractivity contribution >= 4 is 35.3 Å². The molecule has 3 rings (SSSR count). The highest BCUT2D eigenvalue weighted by Crippen LogP contribution is 2.24. The molecule has 0 saturated carbocycles. The van der Waals surface area contributed by atoms with Crippen molar-refractivity contribution in [3.8, 4) is 0 Å². The van der Waals surface area contributed by atoms with Crippen molar-refractivity contribution in [3.63, 3.8) is 0 Å². The van der Waals surface area contributed by atoms with Gasteiger partial charge in [0.2, 0.25) is 0 Å². The van der Waals surface area contributed by atoms with Gasteiger partial charge in [-0.25, -0.2) is 9.69 Å². The maximum absolute atomic E-state index is 12.2. The average Bonchev–Trinajstić information content (AvgIpc) is 2.99. The van der Waals surface area contributed by atoms with Crippen molar-refractivity contribution in [1.82, 2.24) is 5.32 Å². The Bertz CT molecular complexity index is 707. The minimum atomic E-state index is -0.518. The van der Waals surface area contributed by atoms with E-state index in [1.165, 1.54) is 12.3 Å². The molecule has 3 amide bonds. The van der Waals surface area contributed by atoms with Crippen LogP contribution in [0, 0.1) is 0 Å². The number of amides is 3. The molecule has 1 aromatic carbocycles. The second-order valence-electron chi connectivity index (χ2n) is 4.12. The van der Waals surface area contributed by atoms with E-state index in [4.69, 9.17) is 16.0 Å². The summed E-state index contributed by atoms with van der Waals surface area (Å²) in [5, 5.41) is 2.96. The van der Waals surface area contributed by atoms with Gasteiger partial charge in [-0.15, -0.1) is 0 Å². The van der Waals surface area contributed by atoms with E-state index < -0.39 is 11.9 Å². The highest BCUT2D eigenvalue weighted by molar-refractivity contribution is 6.32. The number of nitrogens with zero attached hydrogens (tertiary/aromatic N) is 1. The first-order valence-electron chi connectivity index (χ1n) is 5.81. The number of rotatable bonds is 2. The number of furan rings is 1. The first-order chi connectivity index (χ1) is 9.65. The van der Waals surface area contributed by atoms with Gasteiger partial charge < -0.3 is 9.73 Å². The van der Waals surface area contributed by atoms with E-state index in [0.29, 0.717) is 16.5 Å². The van der Waals surface area contributed by atoms with Crippen molar-refractivity contribution in [2.24, 2.45) is 0 Å². The van der Waals surface area contributed by atoms with Crippen molar-refractivity contribution < 1.29 is 14.0 Å². The molecule has 1 aromatic heterocycles. The molecule has 5 nitrogen and oxygen atoms in total. The van der Waals surface area contributed by atoms with Gasteiger partial charge in [0, 0.05) is 11.1 Å². The fraction of sp³-hybridized carbons (Fsp3) is 0. The number of urea groups is 1. The summed E-state index contributed by atoms with van der Waals surface area (Å²) in [4.78, 5) is 25.2. The number of anilines is 1. The first kappa shape index (κ1) is 12.5. The van der Waals surface area contributed by atoms with Gasteiger partial charge in [-0.1, -0.05) is 17.7 Å². The number of hydrogen-bond acceptors (Lipinski definition) is 3. The average molecular weight is 289 g/mol. The third-order valence-electron chi connectivity index (χ3n) is 2.77. The maximum atomic E-state index is 12.2.